The fourth-order valence-corrected chi connectivity index (χ4v) is 4.40. The smallest absolute Gasteiger partial charge is 0.295 e. The maximum atomic E-state index is 13.4. The Morgan fingerprint density at radius 2 is 1.61 bits per heavy atom. The van der Waals surface area contributed by atoms with Gasteiger partial charge in [-0.15, -0.1) is 0 Å². The predicted molar refractivity (Wildman–Crippen MR) is 143 cm³/mol. The van der Waals surface area contributed by atoms with E-state index in [1.54, 1.807) is 67.0 Å². The van der Waals surface area contributed by atoms with E-state index in [1.165, 1.54) is 4.90 Å². The third-order valence-corrected chi connectivity index (χ3v) is 6.13. The van der Waals surface area contributed by atoms with Gasteiger partial charge in [0.1, 0.15) is 11.5 Å². The number of pyridine rings is 1. The largest absolute Gasteiger partial charge is 0.507 e. The maximum absolute atomic E-state index is 13.4. The number of aliphatic hydroxyl groups is 1. The average molecular weight is 517 g/mol. The Hall–Kier alpha value is -4.33. The number of Topliss-reactive ketones (excluding diaryl/α,β-unsaturated/α-hetero) is 1. The molecule has 2 aromatic carbocycles. The first kappa shape index (κ1) is 26.7. The Bertz CT molecular complexity index is 1300. The van der Waals surface area contributed by atoms with Crippen LogP contribution in [0.15, 0.2) is 72.6 Å². The van der Waals surface area contributed by atoms with Gasteiger partial charge in [0.05, 0.1) is 31.4 Å². The minimum Gasteiger partial charge on any atom is -0.507 e. The molecule has 1 unspecified atom stereocenters. The number of carbonyl (C=O) groups excluding carboxylic acids is 2. The van der Waals surface area contributed by atoms with Crippen molar-refractivity contribution in [2.75, 3.05) is 19.8 Å². The average Bonchev–Trinajstić information content (AvgIpc) is 3.18. The van der Waals surface area contributed by atoms with Gasteiger partial charge < -0.3 is 24.2 Å². The molecule has 0 bridgehead atoms. The summed E-state index contributed by atoms with van der Waals surface area (Å²) in [5.41, 5.74) is 1.85. The molecule has 1 aliphatic heterocycles. The molecule has 1 aromatic heterocycles. The first-order chi connectivity index (χ1) is 18.5. The SMILES string of the molecule is CCCOc1ccc(C2C(=C(O)c3ccc(OCC)cc3)C(=O)C(=O)N2Cc2ccncc2)cc1OCC. The first-order valence-corrected chi connectivity index (χ1v) is 12.8. The Morgan fingerprint density at radius 1 is 0.895 bits per heavy atom. The quantitative estimate of drug-likeness (QED) is 0.210. The fraction of sp³-hybridized carbons (Fsp3) is 0.300. The van der Waals surface area contributed by atoms with Gasteiger partial charge in [0.25, 0.3) is 11.7 Å². The maximum Gasteiger partial charge on any atom is 0.295 e. The van der Waals surface area contributed by atoms with Gasteiger partial charge in [-0.25, -0.2) is 0 Å². The summed E-state index contributed by atoms with van der Waals surface area (Å²) in [5, 5.41) is 11.4. The third-order valence-electron chi connectivity index (χ3n) is 6.13. The van der Waals surface area contributed by atoms with Gasteiger partial charge in [-0.05, 0) is 79.9 Å². The molecule has 0 aliphatic carbocycles. The van der Waals surface area contributed by atoms with Crippen LogP contribution in [0.1, 0.15) is 49.9 Å². The van der Waals surface area contributed by atoms with Crippen LogP contribution in [0.5, 0.6) is 17.2 Å². The molecular weight excluding hydrogens is 484 g/mol. The Labute approximate surface area is 222 Å². The van der Waals surface area contributed by atoms with Crippen molar-refractivity contribution in [2.45, 2.75) is 39.8 Å². The number of ketones is 1. The molecule has 2 heterocycles. The minimum atomic E-state index is -0.839. The summed E-state index contributed by atoms with van der Waals surface area (Å²) in [6, 6.07) is 14.9. The van der Waals surface area contributed by atoms with E-state index in [9.17, 15) is 14.7 Å². The second-order valence-electron chi connectivity index (χ2n) is 8.73. The number of rotatable bonds is 11. The highest BCUT2D eigenvalue weighted by atomic mass is 16.5. The Morgan fingerprint density at radius 3 is 2.26 bits per heavy atom. The minimum absolute atomic E-state index is 0.0119. The number of carbonyl (C=O) groups is 2. The number of ether oxygens (including phenoxy) is 3. The van der Waals surface area contributed by atoms with Crippen molar-refractivity contribution < 1.29 is 28.9 Å². The van der Waals surface area contributed by atoms with E-state index in [0.29, 0.717) is 48.2 Å². The predicted octanol–water partition coefficient (Wildman–Crippen LogP) is 5.29. The lowest BCUT2D eigenvalue weighted by Crippen LogP contribution is -2.29. The Kier molecular flexibility index (Phi) is 8.63. The summed E-state index contributed by atoms with van der Waals surface area (Å²) in [5.74, 6) is 0.0352. The third kappa shape index (κ3) is 5.64. The van der Waals surface area contributed by atoms with Gasteiger partial charge in [0.2, 0.25) is 0 Å². The molecular formula is C30H32N2O6. The zero-order chi connectivity index (χ0) is 27.1. The lowest BCUT2D eigenvalue weighted by molar-refractivity contribution is -0.140. The van der Waals surface area contributed by atoms with E-state index in [-0.39, 0.29) is 17.9 Å². The fourth-order valence-electron chi connectivity index (χ4n) is 4.40. The van der Waals surface area contributed by atoms with Crippen molar-refractivity contribution in [1.82, 2.24) is 9.88 Å². The van der Waals surface area contributed by atoms with Crippen molar-refractivity contribution in [1.29, 1.82) is 0 Å². The summed E-state index contributed by atoms with van der Waals surface area (Å²) in [7, 11) is 0. The van der Waals surface area contributed by atoms with Crippen LogP contribution in [0.4, 0.5) is 0 Å². The molecule has 8 heteroatoms. The molecule has 0 spiro atoms. The van der Waals surface area contributed by atoms with Crippen LogP contribution in [0.3, 0.4) is 0 Å². The number of hydrogen-bond donors (Lipinski definition) is 1. The van der Waals surface area contributed by atoms with E-state index in [2.05, 4.69) is 4.98 Å². The topological polar surface area (TPSA) is 98.2 Å². The molecule has 3 aromatic rings. The highest BCUT2D eigenvalue weighted by Gasteiger charge is 2.46. The molecule has 1 aliphatic rings. The normalized spacial score (nSPS) is 16.5. The van der Waals surface area contributed by atoms with Gasteiger partial charge in [-0.3, -0.25) is 14.6 Å². The molecule has 0 radical (unpaired) electrons. The molecule has 1 fully saturated rings. The summed E-state index contributed by atoms with van der Waals surface area (Å²) in [6.45, 7) is 7.38. The number of nitrogens with zero attached hydrogens (tertiary/aromatic N) is 2. The van der Waals surface area contributed by atoms with E-state index in [0.717, 1.165) is 12.0 Å². The lowest BCUT2D eigenvalue weighted by Gasteiger charge is -2.26. The van der Waals surface area contributed by atoms with Crippen molar-refractivity contribution in [3.05, 3.63) is 89.3 Å². The molecule has 4 rings (SSSR count). The molecule has 1 amide bonds. The lowest BCUT2D eigenvalue weighted by atomic mass is 9.94. The van der Waals surface area contributed by atoms with Gasteiger partial charge >= 0.3 is 0 Å². The second-order valence-corrected chi connectivity index (χ2v) is 8.73. The molecule has 8 nitrogen and oxygen atoms in total. The Balaban J connectivity index is 1.84. The van der Waals surface area contributed by atoms with Crippen LogP contribution >= 0.6 is 0 Å². The summed E-state index contributed by atoms with van der Waals surface area (Å²) in [4.78, 5) is 32.2. The first-order valence-electron chi connectivity index (χ1n) is 12.8. The van der Waals surface area contributed by atoms with Gasteiger partial charge in [0.15, 0.2) is 11.5 Å². The van der Waals surface area contributed by atoms with Crippen molar-refractivity contribution in [2.24, 2.45) is 0 Å². The molecule has 198 valence electrons. The van der Waals surface area contributed by atoms with Crippen LogP contribution in [-0.4, -0.2) is 46.5 Å². The number of aliphatic hydroxyl groups excluding tert-OH is 1. The molecule has 1 atom stereocenters. The second kappa shape index (κ2) is 12.3. The van der Waals surface area contributed by atoms with Gasteiger partial charge in [0, 0.05) is 24.5 Å². The van der Waals surface area contributed by atoms with Crippen LogP contribution in [0.2, 0.25) is 0 Å². The van der Waals surface area contributed by atoms with Crippen molar-refractivity contribution in [3.63, 3.8) is 0 Å². The molecule has 38 heavy (non-hydrogen) atoms. The summed E-state index contributed by atoms with van der Waals surface area (Å²) < 4.78 is 17.2. The van der Waals surface area contributed by atoms with Crippen LogP contribution in [0.25, 0.3) is 5.76 Å². The standard InChI is InChI=1S/C30H32N2O6/c1-4-17-38-24-12-9-22(18-25(24)37-6-3)27-26(28(33)21-7-10-23(11-8-21)36-5-2)29(34)30(35)32(27)19-20-13-15-31-16-14-20/h7-16,18,27,33H,4-6,17,19H2,1-3H3. The molecule has 0 saturated carbocycles. The van der Waals surface area contributed by atoms with Gasteiger partial charge in [-0.2, -0.15) is 0 Å². The van der Waals surface area contributed by atoms with E-state index >= 15 is 0 Å². The van der Waals surface area contributed by atoms with Crippen LogP contribution in [-0.2, 0) is 16.1 Å². The zero-order valence-electron chi connectivity index (χ0n) is 21.8. The van der Waals surface area contributed by atoms with Crippen molar-refractivity contribution in [3.8, 4) is 17.2 Å². The number of amides is 1. The highest BCUT2D eigenvalue weighted by molar-refractivity contribution is 6.46. The van der Waals surface area contributed by atoms with Crippen LogP contribution < -0.4 is 14.2 Å². The monoisotopic (exact) mass is 516 g/mol. The molecule has 1 N–H and O–H groups in total. The number of benzene rings is 2. The molecule has 1 saturated heterocycles. The van der Waals surface area contributed by atoms with Crippen molar-refractivity contribution >= 4 is 17.4 Å². The number of likely N-dealkylation sites (tertiary alicyclic amines) is 1. The summed E-state index contributed by atoms with van der Waals surface area (Å²) in [6.07, 6.45) is 4.10. The van der Waals surface area contributed by atoms with Gasteiger partial charge in [-0.1, -0.05) is 13.0 Å². The van der Waals surface area contributed by atoms with E-state index < -0.39 is 17.7 Å². The summed E-state index contributed by atoms with van der Waals surface area (Å²) >= 11 is 0. The highest BCUT2D eigenvalue weighted by Crippen LogP contribution is 2.43. The number of aromatic nitrogens is 1. The van der Waals surface area contributed by atoms with Crippen LogP contribution in [0, 0.1) is 0 Å². The van der Waals surface area contributed by atoms with E-state index in [1.807, 2.05) is 20.8 Å². The zero-order valence-corrected chi connectivity index (χ0v) is 21.8. The van der Waals surface area contributed by atoms with E-state index in [4.69, 9.17) is 14.2 Å². The number of hydrogen-bond acceptors (Lipinski definition) is 7.